The first kappa shape index (κ1) is 8.08. The maximum atomic E-state index is 5.56. The molecule has 0 unspecified atom stereocenters. The van der Waals surface area contributed by atoms with Crippen molar-refractivity contribution in [1.29, 1.82) is 0 Å². The Morgan fingerprint density at radius 2 is 2.27 bits per heavy atom. The SMILES string of the molecule is CN(C)Cc1cc[c]c(N)c1. The number of nitrogens with two attached hydrogens (primary N) is 1. The highest BCUT2D eigenvalue weighted by Gasteiger charge is 1.94. The van der Waals surface area contributed by atoms with E-state index in [-0.39, 0.29) is 0 Å². The lowest BCUT2D eigenvalue weighted by molar-refractivity contribution is 0.402. The summed E-state index contributed by atoms with van der Waals surface area (Å²) >= 11 is 0. The predicted octanol–water partition coefficient (Wildman–Crippen LogP) is 1.13. The monoisotopic (exact) mass is 149 g/mol. The van der Waals surface area contributed by atoms with Gasteiger partial charge in [0.05, 0.1) is 0 Å². The van der Waals surface area contributed by atoms with Gasteiger partial charge in [-0.25, -0.2) is 0 Å². The third kappa shape index (κ3) is 2.60. The molecule has 0 heterocycles. The van der Waals surface area contributed by atoms with Crippen molar-refractivity contribution in [2.75, 3.05) is 19.8 Å². The van der Waals surface area contributed by atoms with Gasteiger partial charge >= 0.3 is 0 Å². The standard InChI is InChI=1S/C9H13N2/c1-11(2)7-8-4-3-5-9(10)6-8/h3-4,6H,7,10H2,1-2H3. The van der Waals surface area contributed by atoms with E-state index in [1.165, 1.54) is 5.56 Å². The average molecular weight is 149 g/mol. The van der Waals surface area contributed by atoms with Crippen LogP contribution in [0.15, 0.2) is 18.2 Å². The fraction of sp³-hybridized carbons (Fsp3) is 0.333. The van der Waals surface area contributed by atoms with Crippen LogP contribution in [0.2, 0.25) is 0 Å². The van der Waals surface area contributed by atoms with E-state index in [1.807, 2.05) is 32.3 Å². The summed E-state index contributed by atoms with van der Waals surface area (Å²) in [6.07, 6.45) is 0. The number of anilines is 1. The van der Waals surface area contributed by atoms with E-state index in [4.69, 9.17) is 5.73 Å². The zero-order valence-corrected chi connectivity index (χ0v) is 6.96. The minimum absolute atomic E-state index is 0.712. The Balaban J connectivity index is 2.71. The maximum absolute atomic E-state index is 5.56. The zero-order valence-electron chi connectivity index (χ0n) is 6.96. The fourth-order valence-corrected chi connectivity index (χ4v) is 0.998. The Morgan fingerprint density at radius 3 is 2.82 bits per heavy atom. The summed E-state index contributed by atoms with van der Waals surface area (Å²) in [4.78, 5) is 2.11. The molecule has 1 rings (SSSR count). The molecule has 1 aromatic carbocycles. The fourth-order valence-electron chi connectivity index (χ4n) is 0.998. The second-order valence-corrected chi connectivity index (χ2v) is 2.89. The van der Waals surface area contributed by atoms with Crippen molar-refractivity contribution < 1.29 is 0 Å². The Morgan fingerprint density at radius 1 is 1.55 bits per heavy atom. The van der Waals surface area contributed by atoms with Crippen LogP contribution in [0.3, 0.4) is 0 Å². The second kappa shape index (κ2) is 3.39. The molecule has 11 heavy (non-hydrogen) atoms. The van der Waals surface area contributed by atoms with Gasteiger partial charge in [-0.1, -0.05) is 12.1 Å². The van der Waals surface area contributed by atoms with Crippen molar-refractivity contribution in [2.45, 2.75) is 6.54 Å². The van der Waals surface area contributed by atoms with Crippen LogP contribution in [-0.2, 0) is 6.54 Å². The van der Waals surface area contributed by atoms with E-state index in [1.54, 1.807) is 0 Å². The van der Waals surface area contributed by atoms with Crippen LogP contribution >= 0.6 is 0 Å². The molecule has 2 N–H and O–H groups in total. The first-order chi connectivity index (χ1) is 5.18. The summed E-state index contributed by atoms with van der Waals surface area (Å²) in [7, 11) is 4.07. The zero-order chi connectivity index (χ0) is 8.27. The highest BCUT2D eigenvalue weighted by atomic mass is 15.0. The molecule has 0 amide bonds. The van der Waals surface area contributed by atoms with Crippen molar-refractivity contribution in [3.63, 3.8) is 0 Å². The molecule has 0 aliphatic carbocycles. The Labute approximate surface area is 67.6 Å². The lowest BCUT2D eigenvalue weighted by Gasteiger charge is -2.09. The minimum atomic E-state index is 0.712. The highest BCUT2D eigenvalue weighted by molar-refractivity contribution is 5.39. The van der Waals surface area contributed by atoms with Gasteiger partial charge in [-0.2, -0.15) is 0 Å². The molecular formula is C9H13N2. The van der Waals surface area contributed by atoms with Gasteiger partial charge in [-0.3, -0.25) is 0 Å². The molecule has 0 aliphatic rings. The van der Waals surface area contributed by atoms with Gasteiger partial charge < -0.3 is 10.6 Å². The van der Waals surface area contributed by atoms with Gasteiger partial charge in [-0.05, 0) is 25.7 Å². The van der Waals surface area contributed by atoms with Gasteiger partial charge in [0.15, 0.2) is 0 Å². The molecule has 59 valence electrons. The van der Waals surface area contributed by atoms with Crippen molar-refractivity contribution in [1.82, 2.24) is 4.90 Å². The van der Waals surface area contributed by atoms with Crippen LogP contribution in [0.1, 0.15) is 5.56 Å². The minimum Gasteiger partial charge on any atom is -0.398 e. The topological polar surface area (TPSA) is 29.3 Å². The summed E-state index contributed by atoms with van der Waals surface area (Å²) in [5.74, 6) is 0. The normalized spacial score (nSPS) is 10.5. The smallest absolute Gasteiger partial charge is 0.0397 e. The number of nitrogen functional groups attached to an aromatic ring is 1. The van der Waals surface area contributed by atoms with Gasteiger partial charge in [0.25, 0.3) is 0 Å². The number of hydrogen-bond donors (Lipinski definition) is 1. The molecule has 1 radical (unpaired) electrons. The number of hydrogen-bond acceptors (Lipinski definition) is 2. The molecule has 0 atom stereocenters. The molecular weight excluding hydrogens is 136 g/mol. The third-order valence-corrected chi connectivity index (χ3v) is 1.39. The van der Waals surface area contributed by atoms with Crippen LogP contribution in [0.5, 0.6) is 0 Å². The van der Waals surface area contributed by atoms with Crippen LogP contribution < -0.4 is 5.73 Å². The largest absolute Gasteiger partial charge is 0.398 e. The molecule has 0 saturated heterocycles. The highest BCUT2D eigenvalue weighted by Crippen LogP contribution is 2.06. The summed E-state index contributed by atoms with van der Waals surface area (Å²) in [5, 5.41) is 0. The maximum Gasteiger partial charge on any atom is 0.0397 e. The van der Waals surface area contributed by atoms with Crippen molar-refractivity contribution >= 4 is 5.69 Å². The number of rotatable bonds is 2. The quantitative estimate of drug-likeness (QED) is 0.639. The summed E-state index contributed by atoms with van der Waals surface area (Å²) in [6, 6.07) is 8.73. The van der Waals surface area contributed by atoms with Crippen molar-refractivity contribution in [2.24, 2.45) is 0 Å². The summed E-state index contributed by atoms with van der Waals surface area (Å²) in [5.41, 5.74) is 7.50. The predicted molar refractivity (Wildman–Crippen MR) is 47.1 cm³/mol. The number of nitrogens with zero attached hydrogens (tertiary/aromatic N) is 1. The van der Waals surface area contributed by atoms with E-state index in [2.05, 4.69) is 11.0 Å². The Bertz CT molecular complexity index is 231. The Kier molecular flexibility index (Phi) is 2.49. The van der Waals surface area contributed by atoms with Gasteiger partial charge in [0.2, 0.25) is 0 Å². The third-order valence-electron chi connectivity index (χ3n) is 1.39. The Hall–Kier alpha value is -1.02. The van der Waals surface area contributed by atoms with Gasteiger partial charge in [0, 0.05) is 18.3 Å². The molecule has 0 aliphatic heterocycles. The van der Waals surface area contributed by atoms with Crippen LogP contribution in [-0.4, -0.2) is 19.0 Å². The summed E-state index contributed by atoms with van der Waals surface area (Å²) in [6.45, 7) is 0.929. The first-order valence-corrected chi connectivity index (χ1v) is 3.59. The molecule has 2 heteroatoms. The van der Waals surface area contributed by atoms with Crippen LogP contribution in [0.4, 0.5) is 5.69 Å². The molecule has 0 aromatic heterocycles. The molecule has 0 spiro atoms. The van der Waals surface area contributed by atoms with E-state index in [9.17, 15) is 0 Å². The lowest BCUT2D eigenvalue weighted by Crippen LogP contribution is -2.10. The van der Waals surface area contributed by atoms with Crippen molar-refractivity contribution in [3.05, 3.63) is 29.8 Å². The van der Waals surface area contributed by atoms with Gasteiger partial charge in [-0.15, -0.1) is 0 Å². The number of benzene rings is 1. The molecule has 0 fully saturated rings. The van der Waals surface area contributed by atoms with E-state index in [0.717, 1.165) is 6.54 Å². The lowest BCUT2D eigenvalue weighted by atomic mass is 10.2. The first-order valence-electron chi connectivity index (χ1n) is 3.59. The van der Waals surface area contributed by atoms with Gasteiger partial charge in [0.1, 0.15) is 0 Å². The molecule has 2 nitrogen and oxygen atoms in total. The molecule has 0 bridgehead atoms. The van der Waals surface area contributed by atoms with E-state index < -0.39 is 0 Å². The van der Waals surface area contributed by atoms with Crippen LogP contribution in [0.25, 0.3) is 0 Å². The van der Waals surface area contributed by atoms with Crippen molar-refractivity contribution in [3.8, 4) is 0 Å². The molecule has 0 saturated carbocycles. The molecule has 1 aromatic rings. The summed E-state index contributed by atoms with van der Waals surface area (Å²) < 4.78 is 0. The van der Waals surface area contributed by atoms with Crippen LogP contribution in [0, 0.1) is 6.07 Å². The second-order valence-electron chi connectivity index (χ2n) is 2.89. The van der Waals surface area contributed by atoms with E-state index in [0.29, 0.717) is 5.69 Å². The average Bonchev–Trinajstić information content (AvgIpc) is 1.85. The van der Waals surface area contributed by atoms with E-state index >= 15 is 0 Å².